The molecule has 1 atom stereocenters. The molecule has 0 aromatic carbocycles. The second kappa shape index (κ2) is 4.52. The summed E-state index contributed by atoms with van der Waals surface area (Å²) < 4.78 is 37.0. The van der Waals surface area contributed by atoms with Gasteiger partial charge in [-0.2, -0.15) is 18.3 Å². The number of halogens is 3. The molecule has 4 N–H and O–H groups in total. The van der Waals surface area contributed by atoms with Gasteiger partial charge in [0, 0.05) is 5.56 Å². The Bertz CT molecular complexity index is 375. The third-order valence-electron chi connectivity index (χ3n) is 2.04. The van der Waals surface area contributed by atoms with E-state index in [4.69, 9.17) is 10.8 Å². The number of hydrogen-bond donors (Lipinski definition) is 3. The van der Waals surface area contributed by atoms with Crippen molar-refractivity contribution in [2.24, 2.45) is 5.73 Å². The fourth-order valence-corrected chi connectivity index (χ4v) is 1.18. The van der Waals surface area contributed by atoms with Crippen LogP contribution in [0.25, 0.3) is 0 Å². The van der Waals surface area contributed by atoms with Crippen molar-refractivity contribution in [3.8, 4) is 0 Å². The zero-order valence-electron chi connectivity index (χ0n) is 8.08. The van der Waals surface area contributed by atoms with Gasteiger partial charge in [-0.25, -0.2) is 0 Å². The van der Waals surface area contributed by atoms with Crippen LogP contribution in [0.15, 0.2) is 6.20 Å². The van der Waals surface area contributed by atoms with Crippen molar-refractivity contribution in [3.05, 3.63) is 17.5 Å². The van der Waals surface area contributed by atoms with Crippen molar-refractivity contribution in [2.75, 3.05) is 0 Å². The van der Waals surface area contributed by atoms with Crippen LogP contribution >= 0.6 is 0 Å². The molecule has 0 aliphatic rings. The summed E-state index contributed by atoms with van der Waals surface area (Å²) in [5, 5.41) is 13.6. The summed E-state index contributed by atoms with van der Waals surface area (Å²) in [5.41, 5.74) is 4.15. The molecule has 1 heterocycles. The normalized spacial score (nSPS) is 13.8. The minimum atomic E-state index is -4.51. The first-order chi connectivity index (χ1) is 7.32. The van der Waals surface area contributed by atoms with E-state index in [0.717, 1.165) is 6.20 Å². The van der Waals surface area contributed by atoms with Crippen molar-refractivity contribution in [2.45, 2.75) is 25.1 Å². The molecule has 5 nitrogen and oxygen atoms in total. The fraction of sp³-hybridized carbons (Fsp3) is 0.500. The number of nitrogens with zero attached hydrogens (tertiary/aromatic N) is 1. The Kier molecular flexibility index (Phi) is 3.53. The summed E-state index contributed by atoms with van der Waals surface area (Å²) in [6, 6.07) is -1.17. The average molecular weight is 237 g/mol. The predicted octanol–water partition coefficient (Wildman–Crippen LogP) is 0.773. The van der Waals surface area contributed by atoms with Crippen LogP contribution in [0.1, 0.15) is 17.7 Å². The Labute approximate surface area is 88.4 Å². The van der Waals surface area contributed by atoms with Crippen LogP contribution in [-0.4, -0.2) is 27.3 Å². The molecule has 0 aliphatic heterocycles. The summed E-state index contributed by atoms with van der Waals surface area (Å²) in [4.78, 5) is 10.4. The summed E-state index contributed by atoms with van der Waals surface area (Å²) in [5.74, 6) is -1.24. The zero-order chi connectivity index (χ0) is 12.3. The molecule has 1 aromatic rings. The highest BCUT2D eigenvalue weighted by molar-refractivity contribution is 5.73. The number of nitrogens with one attached hydrogen (secondary N) is 1. The van der Waals surface area contributed by atoms with Crippen LogP contribution in [0, 0.1) is 0 Å². The van der Waals surface area contributed by atoms with Crippen LogP contribution in [0.5, 0.6) is 0 Å². The minimum Gasteiger partial charge on any atom is -0.480 e. The predicted molar refractivity (Wildman–Crippen MR) is 47.5 cm³/mol. The van der Waals surface area contributed by atoms with E-state index >= 15 is 0 Å². The third-order valence-corrected chi connectivity index (χ3v) is 2.04. The van der Waals surface area contributed by atoms with Crippen LogP contribution in [0.3, 0.4) is 0 Å². The van der Waals surface area contributed by atoms with E-state index < -0.39 is 23.9 Å². The van der Waals surface area contributed by atoms with E-state index in [1.54, 1.807) is 0 Å². The van der Waals surface area contributed by atoms with Crippen molar-refractivity contribution < 1.29 is 23.1 Å². The van der Waals surface area contributed by atoms with E-state index in [9.17, 15) is 18.0 Å². The summed E-state index contributed by atoms with van der Waals surface area (Å²) >= 11 is 0. The Balaban J connectivity index is 2.68. The largest absolute Gasteiger partial charge is 0.480 e. The van der Waals surface area contributed by atoms with Crippen molar-refractivity contribution in [1.29, 1.82) is 0 Å². The molecule has 0 fully saturated rings. The van der Waals surface area contributed by atoms with Crippen LogP contribution < -0.4 is 5.73 Å². The number of hydrogen-bond acceptors (Lipinski definition) is 3. The number of aromatic nitrogens is 2. The van der Waals surface area contributed by atoms with Crippen LogP contribution in [0.4, 0.5) is 13.2 Å². The van der Waals surface area contributed by atoms with Gasteiger partial charge >= 0.3 is 12.1 Å². The Morgan fingerprint density at radius 1 is 1.62 bits per heavy atom. The lowest BCUT2D eigenvalue weighted by Crippen LogP contribution is -2.30. The number of alkyl halides is 3. The maximum absolute atomic E-state index is 12.3. The molecular weight excluding hydrogens is 227 g/mol. The molecule has 1 aromatic heterocycles. The number of aromatic amines is 1. The summed E-state index contributed by atoms with van der Waals surface area (Å²) in [7, 11) is 0. The molecule has 0 bridgehead atoms. The highest BCUT2D eigenvalue weighted by Gasteiger charge is 2.35. The van der Waals surface area contributed by atoms with Gasteiger partial charge in [-0.15, -0.1) is 0 Å². The first-order valence-electron chi connectivity index (χ1n) is 4.40. The molecule has 0 radical (unpaired) electrons. The molecule has 16 heavy (non-hydrogen) atoms. The summed E-state index contributed by atoms with van der Waals surface area (Å²) in [6.07, 6.45) is -3.65. The van der Waals surface area contributed by atoms with Gasteiger partial charge in [0.2, 0.25) is 0 Å². The number of carbonyl (C=O) groups is 1. The first-order valence-corrected chi connectivity index (χ1v) is 4.40. The Morgan fingerprint density at radius 3 is 2.75 bits per heavy atom. The van der Waals surface area contributed by atoms with Gasteiger partial charge in [0.05, 0.1) is 6.20 Å². The van der Waals surface area contributed by atoms with E-state index in [1.807, 2.05) is 5.10 Å². The number of carboxylic acids is 1. The second-order valence-corrected chi connectivity index (χ2v) is 3.25. The van der Waals surface area contributed by atoms with E-state index in [0.29, 0.717) is 0 Å². The quantitative estimate of drug-likeness (QED) is 0.721. The highest BCUT2D eigenvalue weighted by atomic mass is 19.4. The third kappa shape index (κ3) is 2.96. The summed E-state index contributed by atoms with van der Waals surface area (Å²) in [6.45, 7) is 0. The monoisotopic (exact) mass is 237 g/mol. The van der Waals surface area contributed by atoms with E-state index in [2.05, 4.69) is 5.10 Å². The number of H-pyrrole nitrogens is 1. The fourth-order valence-electron chi connectivity index (χ4n) is 1.18. The molecule has 90 valence electrons. The van der Waals surface area contributed by atoms with Gasteiger partial charge in [0.1, 0.15) is 11.7 Å². The standard InChI is InChI=1S/C8H10F3N3O2/c9-8(10,11)6-4(3-13-14-6)1-2-5(12)7(15)16/h3,5H,1-2,12H2,(H,13,14)(H,15,16). The highest BCUT2D eigenvalue weighted by Crippen LogP contribution is 2.30. The van der Waals surface area contributed by atoms with Gasteiger partial charge < -0.3 is 10.8 Å². The number of aliphatic carboxylic acids is 1. The van der Waals surface area contributed by atoms with Gasteiger partial charge in [-0.05, 0) is 12.8 Å². The van der Waals surface area contributed by atoms with Crippen molar-refractivity contribution in [1.82, 2.24) is 10.2 Å². The number of carboxylic acid groups (broad SMARTS) is 1. The van der Waals surface area contributed by atoms with Crippen LogP contribution in [0.2, 0.25) is 0 Å². The zero-order valence-corrected chi connectivity index (χ0v) is 8.08. The van der Waals surface area contributed by atoms with Crippen molar-refractivity contribution in [3.63, 3.8) is 0 Å². The second-order valence-electron chi connectivity index (χ2n) is 3.25. The number of aryl methyl sites for hydroxylation is 1. The lowest BCUT2D eigenvalue weighted by atomic mass is 10.1. The van der Waals surface area contributed by atoms with Gasteiger partial charge in [0.25, 0.3) is 0 Å². The molecule has 0 spiro atoms. The maximum Gasteiger partial charge on any atom is 0.433 e. The smallest absolute Gasteiger partial charge is 0.433 e. The average Bonchev–Trinajstić information content (AvgIpc) is 2.60. The Morgan fingerprint density at radius 2 is 2.25 bits per heavy atom. The molecule has 0 saturated heterocycles. The minimum absolute atomic E-state index is 0.0715. The lowest BCUT2D eigenvalue weighted by Gasteiger charge is -2.08. The molecule has 0 saturated carbocycles. The van der Waals surface area contributed by atoms with Gasteiger partial charge in [0.15, 0.2) is 0 Å². The van der Waals surface area contributed by atoms with Crippen LogP contribution in [-0.2, 0) is 17.4 Å². The van der Waals surface area contributed by atoms with Gasteiger partial charge in [-0.1, -0.05) is 0 Å². The SMILES string of the molecule is NC(CCc1cn[nH]c1C(F)(F)F)C(=O)O. The maximum atomic E-state index is 12.3. The van der Waals surface area contributed by atoms with E-state index in [1.165, 1.54) is 0 Å². The topological polar surface area (TPSA) is 92.0 Å². The lowest BCUT2D eigenvalue weighted by molar-refractivity contribution is -0.141. The van der Waals surface area contributed by atoms with Crippen molar-refractivity contribution >= 4 is 5.97 Å². The Hall–Kier alpha value is -1.57. The molecule has 1 rings (SSSR count). The van der Waals surface area contributed by atoms with Gasteiger partial charge in [-0.3, -0.25) is 9.89 Å². The first kappa shape index (κ1) is 12.5. The molecular formula is C8H10F3N3O2. The molecule has 8 heteroatoms. The molecule has 1 unspecified atom stereocenters. The van der Waals surface area contributed by atoms with E-state index in [-0.39, 0.29) is 18.4 Å². The number of nitrogens with two attached hydrogens (primary N) is 1. The molecule has 0 aliphatic carbocycles. The molecule has 0 amide bonds. The number of rotatable bonds is 4.